The van der Waals surface area contributed by atoms with Crippen molar-refractivity contribution in [3.8, 4) is 5.75 Å². The van der Waals surface area contributed by atoms with Crippen molar-refractivity contribution in [1.29, 1.82) is 0 Å². The molecular weight excluding hydrogens is 316 g/mol. The van der Waals surface area contributed by atoms with Crippen LogP contribution in [0.2, 0.25) is 0 Å². The summed E-state index contributed by atoms with van der Waals surface area (Å²) in [6.45, 7) is 7.48. The Bertz CT molecular complexity index is 625. The first-order chi connectivity index (χ1) is 12.2. The molecule has 0 radical (unpaired) electrons. The highest BCUT2D eigenvalue weighted by atomic mass is 16.5. The SMILES string of the molecule is CCCOc1cccc(N2C=C(OC(=O)C(CC)CCC)N=CC2)c1. The van der Waals surface area contributed by atoms with E-state index < -0.39 is 0 Å². The van der Waals surface area contributed by atoms with E-state index in [1.807, 2.05) is 36.1 Å². The summed E-state index contributed by atoms with van der Waals surface area (Å²) in [6, 6.07) is 7.88. The van der Waals surface area contributed by atoms with Crippen LogP contribution in [0.5, 0.6) is 5.75 Å². The average Bonchev–Trinajstić information content (AvgIpc) is 2.64. The van der Waals surface area contributed by atoms with E-state index in [0.29, 0.717) is 19.0 Å². The predicted molar refractivity (Wildman–Crippen MR) is 101 cm³/mol. The summed E-state index contributed by atoms with van der Waals surface area (Å²) in [6.07, 6.45) is 7.08. The third-order valence-corrected chi connectivity index (χ3v) is 4.05. The Hall–Kier alpha value is -2.30. The maximum absolute atomic E-state index is 12.3. The Morgan fingerprint density at radius 1 is 1.28 bits per heavy atom. The van der Waals surface area contributed by atoms with Crippen LogP contribution >= 0.6 is 0 Å². The van der Waals surface area contributed by atoms with E-state index in [4.69, 9.17) is 9.47 Å². The molecule has 1 aliphatic rings. The van der Waals surface area contributed by atoms with Crippen molar-refractivity contribution >= 4 is 17.9 Å². The molecule has 136 valence electrons. The molecule has 0 amide bonds. The van der Waals surface area contributed by atoms with Gasteiger partial charge in [0.25, 0.3) is 0 Å². The number of hydrogen-bond acceptors (Lipinski definition) is 5. The van der Waals surface area contributed by atoms with Crippen molar-refractivity contribution in [2.45, 2.75) is 46.5 Å². The summed E-state index contributed by atoms with van der Waals surface area (Å²) in [7, 11) is 0. The van der Waals surface area contributed by atoms with Crippen LogP contribution in [-0.4, -0.2) is 25.3 Å². The molecule has 25 heavy (non-hydrogen) atoms. The van der Waals surface area contributed by atoms with E-state index in [2.05, 4.69) is 18.8 Å². The van der Waals surface area contributed by atoms with E-state index in [9.17, 15) is 4.79 Å². The summed E-state index contributed by atoms with van der Waals surface area (Å²) >= 11 is 0. The molecular formula is C20H28N2O3. The Balaban J connectivity index is 2.06. The van der Waals surface area contributed by atoms with Crippen molar-refractivity contribution in [3.63, 3.8) is 0 Å². The summed E-state index contributed by atoms with van der Waals surface area (Å²) < 4.78 is 11.2. The van der Waals surface area contributed by atoms with Crippen LogP contribution < -0.4 is 9.64 Å². The van der Waals surface area contributed by atoms with Crippen molar-refractivity contribution in [1.82, 2.24) is 0 Å². The second-order valence-corrected chi connectivity index (χ2v) is 6.09. The van der Waals surface area contributed by atoms with Crippen molar-refractivity contribution < 1.29 is 14.3 Å². The third-order valence-electron chi connectivity index (χ3n) is 4.05. The fraction of sp³-hybridized carbons (Fsp3) is 0.500. The lowest BCUT2D eigenvalue weighted by Crippen LogP contribution is -2.24. The van der Waals surface area contributed by atoms with Crippen LogP contribution in [0.25, 0.3) is 0 Å². The molecule has 0 N–H and O–H groups in total. The molecule has 1 aromatic rings. The molecule has 0 spiro atoms. The molecule has 1 aromatic carbocycles. The van der Waals surface area contributed by atoms with Gasteiger partial charge in [0.05, 0.1) is 25.3 Å². The number of carbonyl (C=O) groups excluding carboxylic acids is 1. The van der Waals surface area contributed by atoms with Gasteiger partial charge in [0, 0.05) is 18.0 Å². The maximum Gasteiger partial charge on any atom is 0.315 e. The number of rotatable bonds is 9. The Morgan fingerprint density at radius 2 is 2.12 bits per heavy atom. The van der Waals surface area contributed by atoms with Crippen LogP contribution in [0.1, 0.15) is 46.5 Å². The van der Waals surface area contributed by atoms with E-state index >= 15 is 0 Å². The van der Waals surface area contributed by atoms with Gasteiger partial charge in [-0.05, 0) is 31.4 Å². The molecule has 5 heteroatoms. The third kappa shape index (κ3) is 5.62. The van der Waals surface area contributed by atoms with Gasteiger partial charge in [0.15, 0.2) is 0 Å². The van der Waals surface area contributed by atoms with Crippen LogP contribution in [-0.2, 0) is 9.53 Å². The normalized spacial score (nSPS) is 14.8. The number of nitrogens with zero attached hydrogens (tertiary/aromatic N) is 2. The highest BCUT2D eigenvalue weighted by Crippen LogP contribution is 2.24. The molecule has 0 fully saturated rings. The van der Waals surface area contributed by atoms with Crippen LogP contribution in [0.4, 0.5) is 5.69 Å². The zero-order chi connectivity index (χ0) is 18.1. The smallest absolute Gasteiger partial charge is 0.315 e. The minimum Gasteiger partial charge on any atom is -0.494 e. The zero-order valence-corrected chi connectivity index (χ0v) is 15.4. The van der Waals surface area contributed by atoms with Crippen LogP contribution in [0, 0.1) is 5.92 Å². The number of benzene rings is 1. The number of anilines is 1. The molecule has 1 atom stereocenters. The lowest BCUT2D eigenvalue weighted by Gasteiger charge is -2.23. The fourth-order valence-corrected chi connectivity index (χ4v) is 2.67. The Labute approximate surface area is 150 Å². The zero-order valence-electron chi connectivity index (χ0n) is 15.4. The summed E-state index contributed by atoms with van der Waals surface area (Å²) in [5, 5.41) is 0. The Kier molecular flexibility index (Phi) is 7.51. The largest absolute Gasteiger partial charge is 0.494 e. The topological polar surface area (TPSA) is 51.1 Å². The summed E-state index contributed by atoms with van der Waals surface area (Å²) in [4.78, 5) is 18.5. The van der Waals surface area contributed by atoms with Gasteiger partial charge in [-0.2, -0.15) is 0 Å². The highest BCUT2D eigenvalue weighted by molar-refractivity contribution is 5.75. The van der Waals surface area contributed by atoms with Gasteiger partial charge in [0.2, 0.25) is 5.88 Å². The summed E-state index contributed by atoms with van der Waals surface area (Å²) in [5.41, 5.74) is 0.980. The first-order valence-corrected chi connectivity index (χ1v) is 9.13. The molecule has 0 bridgehead atoms. The van der Waals surface area contributed by atoms with Gasteiger partial charge in [-0.25, -0.2) is 4.99 Å². The number of aliphatic imine (C=N–C) groups is 1. The predicted octanol–water partition coefficient (Wildman–Crippen LogP) is 4.53. The number of hydrogen-bond donors (Lipinski definition) is 0. The first kappa shape index (κ1) is 19.0. The van der Waals surface area contributed by atoms with E-state index in [1.165, 1.54) is 0 Å². The molecule has 0 saturated carbocycles. The molecule has 1 aliphatic heterocycles. The fourth-order valence-electron chi connectivity index (χ4n) is 2.67. The average molecular weight is 344 g/mol. The molecule has 0 aliphatic carbocycles. The number of esters is 1. The minimum atomic E-state index is -0.199. The number of ether oxygens (including phenoxy) is 2. The molecule has 0 aromatic heterocycles. The standard InChI is InChI=1S/C20H28N2O3/c1-4-8-16(6-3)20(23)25-19-15-22(12-11-21-19)17-9-7-10-18(14-17)24-13-5-2/h7,9-11,14-16H,4-6,8,12-13H2,1-3H3. The van der Waals surface area contributed by atoms with Gasteiger partial charge in [0.1, 0.15) is 5.75 Å². The summed E-state index contributed by atoms with van der Waals surface area (Å²) in [5.74, 6) is 0.908. The quantitative estimate of drug-likeness (QED) is 0.617. The van der Waals surface area contributed by atoms with Crippen molar-refractivity contribution in [2.75, 3.05) is 18.1 Å². The second-order valence-electron chi connectivity index (χ2n) is 6.09. The second kappa shape index (κ2) is 9.87. The monoisotopic (exact) mass is 344 g/mol. The first-order valence-electron chi connectivity index (χ1n) is 9.13. The van der Waals surface area contributed by atoms with Crippen molar-refractivity contribution in [2.24, 2.45) is 10.9 Å². The minimum absolute atomic E-state index is 0.0674. The van der Waals surface area contributed by atoms with E-state index in [-0.39, 0.29) is 11.9 Å². The Morgan fingerprint density at radius 3 is 2.84 bits per heavy atom. The highest BCUT2D eigenvalue weighted by Gasteiger charge is 2.20. The van der Waals surface area contributed by atoms with Gasteiger partial charge in [-0.15, -0.1) is 0 Å². The number of carbonyl (C=O) groups is 1. The molecule has 1 heterocycles. The van der Waals surface area contributed by atoms with Gasteiger partial charge in [-0.1, -0.05) is 33.3 Å². The molecule has 5 nitrogen and oxygen atoms in total. The van der Waals surface area contributed by atoms with Crippen molar-refractivity contribution in [3.05, 3.63) is 36.3 Å². The van der Waals surface area contributed by atoms with E-state index in [1.54, 1.807) is 12.4 Å². The molecule has 0 saturated heterocycles. The van der Waals surface area contributed by atoms with Crippen LogP contribution in [0.3, 0.4) is 0 Å². The van der Waals surface area contributed by atoms with Gasteiger partial charge >= 0.3 is 5.97 Å². The maximum atomic E-state index is 12.3. The van der Waals surface area contributed by atoms with Gasteiger partial charge in [-0.3, -0.25) is 4.79 Å². The van der Waals surface area contributed by atoms with Crippen LogP contribution in [0.15, 0.2) is 41.3 Å². The van der Waals surface area contributed by atoms with E-state index in [0.717, 1.165) is 37.1 Å². The molecule has 1 unspecified atom stereocenters. The van der Waals surface area contributed by atoms with Gasteiger partial charge < -0.3 is 14.4 Å². The molecule has 2 rings (SSSR count). The lowest BCUT2D eigenvalue weighted by atomic mass is 10.0. The lowest BCUT2D eigenvalue weighted by molar-refractivity contribution is -0.144.